The summed E-state index contributed by atoms with van der Waals surface area (Å²) < 4.78 is 12.9. The second-order valence-corrected chi connectivity index (χ2v) is 4.79. The summed E-state index contributed by atoms with van der Waals surface area (Å²) in [6, 6.07) is 6.19. The Morgan fingerprint density at radius 3 is 2.39 bits per heavy atom. The van der Waals surface area contributed by atoms with Crippen molar-refractivity contribution in [3.8, 4) is 0 Å². The summed E-state index contributed by atoms with van der Waals surface area (Å²) in [6.07, 6.45) is 1.08. The summed E-state index contributed by atoms with van der Waals surface area (Å²) in [4.78, 5) is 12.6. The van der Waals surface area contributed by atoms with E-state index >= 15 is 0 Å². The normalized spacial score (nSPS) is 10.7. The molecule has 1 rings (SSSR count). The molecule has 1 N–H and O–H groups in total. The molecule has 0 heterocycles. The minimum absolute atomic E-state index is 0.0927. The zero-order valence-corrected chi connectivity index (χ0v) is 10.9. The van der Waals surface area contributed by atoms with Gasteiger partial charge in [0.2, 0.25) is 0 Å². The lowest BCUT2D eigenvalue weighted by Gasteiger charge is -2.25. The van der Waals surface area contributed by atoms with E-state index in [9.17, 15) is 9.18 Å². The summed E-state index contributed by atoms with van der Waals surface area (Å²) >= 11 is 0. The molecule has 0 saturated carbocycles. The number of carbonyl (C=O) groups is 1. The van der Waals surface area contributed by atoms with Crippen LogP contribution in [0.1, 0.15) is 26.7 Å². The van der Waals surface area contributed by atoms with E-state index in [1.807, 2.05) is 4.90 Å². The SMILES string of the molecule is CC(C)CCN(CCC(=O)O)c1ccc(F)cc1. The molecular weight excluding hydrogens is 233 g/mol. The Morgan fingerprint density at radius 2 is 1.89 bits per heavy atom. The van der Waals surface area contributed by atoms with Crippen molar-refractivity contribution in [2.24, 2.45) is 5.92 Å². The third-order valence-corrected chi connectivity index (χ3v) is 2.76. The smallest absolute Gasteiger partial charge is 0.305 e. The molecule has 0 spiro atoms. The highest BCUT2D eigenvalue weighted by Gasteiger charge is 2.09. The van der Waals surface area contributed by atoms with E-state index in [0.717, 1.165) is 18.7 Å². The number of carboxylic acid groups (broad SMARTS) is 1. The number of hydrogen-bond acceptors (Lipinski definition) is 2. The molecule has 4 heteroatoms. The van der Waals surface area contributed by atoms with Crippen molar-refractivity contribution in [1.82, 2.24) is 0 Å². The Morgan fingerprint density at radius 1 is 1.28 bits per heavy atom. The number of halogens is 1. The molecule has 100 valence electrons. The number of aliphatic carboxylic acids is 1. The molecular formula is C14H20FNO2. The first-order valence-electron chi connectivity index (χ1n) is 6.21. The second kappa shape index (κ2) is 6.99. The summed E-state index contributed by atoms with van der Waals surface area (Å²) in [5, 5.41) is 8.74. The molecule has 1 aromatic carbocycles. The van der Waals surface area contributed by atoms with Crippen LogP contribution in [0.25, 0.3) is 0 Å². The quantitative estimate of drug-likeness (QED) is 0.811. The highest BCUT2D eigenvalue weighted by molar-refractivity contribution is 5.67. The zero-order valence-electron chi connectivity index (χ0n) is 10.9. The van der Waals surface area contributed by atoms with E-state index in [-0.39, 0.29) is 12.2 Å². The largest absolute Gasteiger partial charge is 0.481 e. The van der Waals surface area contributed by atoms with Crippen LogP contribution in [0.4, 0.5) is 10.1 Å². The van der Waals surface area contributed by atoms with E-state index < -0.39 is 5.97 Å². The monoisotopic (exact) mass is 253 g/mol. The molecule has 0 unspecified atom stereocenters. The molecule has 0 fully saturated rings. The Kier molecular flexibility index (Phi) is 5.62. The molecule has 0 radical (unpaired) electrons. The Labute approximate surface area is 107 Å². The van der Waals surface area contributed by atoms with Gasteiger partial charge in [-0.05, 0) is 36.6 Å². The lowest BCUT2D eigenvalue weighted by molar-refractivity contribution is -0.136. The number of anilines is 1. The van der Waals surface area contributed by atoms with Crippen molar-refractivity contribution in [2.45, 2.75) is 26.7 Å². The molecule has 0 atom stereocenters. The fourth-order valence-corrected chi connectivity index (χ4v) is 1.67. The van der Waals surface area contributed by atoms with Crippen LogP contribution >= 0.6 is 0 Å². The Bertz CT molecular complexity index is 376. The van der Waals surface area contributed by atoms with E-state index in [1.54, 1.807) is 12.1 Å². The van der Waals surface area contributed by atoms with E-state index in [1.165, 1.54) is 12.1 Å². The molecule has 0 saturated heterocycles. The molecule has 0 aliphatic rings. The average Bonchev–Trinajstić information content (AvgIpc) is 2.30. The maximum Gasteiger partial charge on any atom is 0.305 e. The fourth-order valence-electron chi connectivity index (χ4n) is 1.67. The Balaban J connectivity index is 2.68. The van der Waals surface area contributed by atoms with Gasteiger partial charge < -0.3 is 10.0 Å². The molecule has 0 aliphatic carbocycles. The van der Waals surface area contributed by atoms with Gasteiger partial charge in [-0.1, -0.05) is 13.8 Å². The number of hydrogen-bond donors (Lipinski definition) is 1. The second-order valence-electron chi connectivity index (χ2n) is 4.79. The zero-order chi connectivity index (χ0) is 13.5. The van der Waals surface area contributed by atoms with E-state index in [4.69, 9.17) is 5.11 Å². The van der Waals surface area contributed by atoms with Crippen LogP contribution in [-0.4, -0.2) is 24.2 Å². The molecule has 1 aromatic rings. The number of rotatable bonds is 7. The van der Waals surface area contributed by atoms with Crippen molar-refractivity contribution < 1.29 is 14.3 Å². The summed E-state index contributed by atoms with van der Waals surface area (Å²) in [5.41, 5.74) is 0.873. The van der Waals surface area contributed by atoms with Crippen LogP contribution < -0.4 is 4.90 Å². The van der Waals surface area contributed by atoms with Gasteiger partial charge in [-0.25, -0.2) is 4.39 Å². The Hall–Kier alpha value is -1.58. The minimum atomic E-state index is -0.813. The maximum absolute atomic E-state index is 12.9. The van der Waals surface area contributed by atoms with Crippen molar-refractivity contribution in [2.75, 3.05) is 18.0 Å². The molecule has 0 aromatic heterocycles. The fraction of sp³-hybridized carbons (Fsp3) is 0.500. The first-order chi connectivity index (χ1) is 8.49. The summed E-state index contributed by atoms with van der Waals surface area (Å²) in [6.45, 7) is 5.49. The van der Waals surface area contributed by atoms with Gasteiger partial charge in [0, 0.05) is 18.8 Å². The summed E-state index contributed by atoms with van der Waals surface area (Å²) in [7, 11) is 0. The lowest BCUT2D eigenvalue weighted by Crippen LogP contribution is -2.28. The van der Waals surface area contributed by atoms with Crippen molar-refractivity contribution in [3.05, 3.63) is 30.1 Å². The first-order valence-corrected chi connectivity index (χ1v) is 6.21. The third-order valence-electron chi connectivity index (χ3n) is 2.76. The van der Waals surface area contributed by atoms with Crippen LogP contribution in [-0.2, 0) is 4.79 Å². The summed E-state index contributed by atoms with van der Waals surface area (Å²) in [5.74, 6) is -0.537. The number of benzene rings is 1. The highest BCUT2D eigenvalue weighted by Crippen LogP contribution is 2.16. The van der Waals surface area contributed by atoms with Crippen LogP contribution in [0, 0.1) is 11.7 Å². The third kappa shape index (κ3) is 5.17. The predicted octanol–water partition coefficient (Wildman–Crippen LogP) is 3.15. The predicted molar refractivity (Wildman–Crippen MR) is 70.3 cm³/mol. The lowest BCUT2D eigenvalue weighted by atomic mass is 10.1. The van der Waals surface area contributed by atoms with Crippen LogP contribution in [0.2, 0.25) is 0 Å². The first kappa shape index (κ1) is 14.5. The highest BCUT2D eigenvalue weighted by atomic mass is 19.1. The van der Waals surface area contributed by atoms with Crippen molar-refractivity contribution >= 4 is 11.7 Å². The van der Waals surface area contributed by atoms with Gasteiger partial charge in [0.15, 0.2) is 0 Å². The standard InChI is InChI=1S/C14H20FNO2/c1-11(2)7-9-16(10-8-14(17)18)13-5-3-12(15)4-6-13/h3-6,11H,7-10H2,1-2H3,(H,17,18). The van der Waals surface area contributed by atoms with Gasteiger partial charge in [0.1, 0.15) is 5.82 Å². The van der Waals surface area contributed by atoms with Crippen molar-refractivity contribution in [3.63, 3.8) is 0 Å². The van der Waals surface area contributed by atoms with Crippen LogP contribution in [0.5, 0.6) is 0 Å². The van der Waals surface area contributed by atoms with Crippen LogP contribution in [0.3, 0.4) is 0 Å². The van der Waals surface area contributed by atoms with Crippen molar-refractivity contribution in [1.29, 1.82) is 0 Å². The van der Waals surface area contributed by atoms with Gasteiger partial charge in [-0.2, -0.15) is 0 Å². The minimum Gasteiger partial charge on any atom is -0.481 e. The van der Waals surface area contributed by atoms with Gasteiger partial charge in [-0.3, -0.25) is 4.79 Å². The van der Waals surface area contributed by atoms with Crippen LogP contribution in [0.15, 0.2) is 24.3 Å². The van der Waals surface area contributed by atoms with E-state index in [0.29, 0.717) is 12.5 Å². The number of carboxylic acids is 1. The van der Waals surface area contributed by atoms with Gasteiger partial charge in [0.25, 0.3) is 0 Å². The molecule has 18 heavy (non-hydrogen) atoms. The number of nitrogens with zero attached hydrogens (tertiary/aromatic N) is 1. The molecule has 0 aliphatic heterocycles. The van der Waals surface area contributed by atoms with Gasteiger partial charge in [0.05, 0.1) is 6.42 Å². The molecule has 0 bridgehead atoms. The molecule has 3 nitrogen and oxygen atoms in total. The topological polar surface area (TPSA) is 40.5 Å². The van der Waals surface area contributed by atoms with Gasteiger partial charge >= 0.3 is 5.97 Å². The van der Waals surface area contributed by atoms with Gasteiger partial charge in [-0.15, -0.1) is 0 Å². The van der Waals surface area contributed by atoms with E-state index in [2.05, 4.69) is 13.8 Å². The molecule has 0 amide bonds. The maximum atomic E-state index is 12.9. The average molecular weight is 253 g/mol.